The van der Waals surface area contributed by atoms with Crippen LogP contribution in [0.15, 0.2) is 27.5 Å². The van der Waals surface area contributed by atoms with E-state index >= 15 is 0 Å². The highest BCUT2D eigenvalue weighted by Crippen LogP contribution is 2.33. The lowest BCUT2D eigenvalue weighted by Gasteiger charge is -2.31. The van der Waals surface area contributed by atoms with Crippen LogP contribution < -0.4 is 5.56 Å². The summed E-state index contributed by atoms with van der Waals surface area (Å²) >= 11 is 0. The van der Waals surface area contributed by atoms with Gasteiger partial charge in [0.1, 0.15) is 5.82 Å². The Hall–Kier alpha value is -3.07. The molecule has 0 bridgehead atoms. The molecule has 8 nitrogen and oxygen atoms in total. The average Bonchev–Trinajstić information content (AvgIpc) is 3.53. The second kappa shape index (κ2) is 20.1. The summed E-state index contributed by atoms with van der Waals surface area (Å²) in [5.41, 5.74) is 2.91. The Balaban J connectivity index is 0.982. The lowest BCUT2D eigenvalue weighted by molar-refractivity contribution is -0.151. The van der Waals surface area contributed by atoms with Gasteiger partial charge in [-0.1, -0.05) is 102 Å². The maximum absolute atomic E-state index is 13.6. The molecule has 2 aliphatic heterocycles. The maximum Gasteiger partial charge on any atom is 0.306 e. The Kier molecular flexibility index (Phi) is 15.3. The lowest BCUT2D eigenvalue weighted by atomic mass is 9.91. The van der Waals surface area contributed by atoms with E-state index in [0.717, 1.165) is 74.1 Å². The molecule has 276 valence electrons. The van der Waals surface area contributed by atoms with E-state index in [-0.39, 0.29) is 23.3 Å². The first-order chi connectivity index (χ1) is 24.4. The Bertz CT molecular complexity index is 1540. The molecular weight excluding hydrogens is 631 g/mol. The second-order valence-electron chi connectivity index (χ2n) is 14.9. The van der Waals surface area contributed by atoms with Crippen LogP contribution in [0.1, 0.15) is 170 Å². The van der Waals surface area contributed by atoms with Crippen LogP contribution in [0, 0.1) is 12.7 Å². The van der Waals surface area contributed by atoms with Crippen LogP contribution >= 0.6 is 0 Å². The van der Waals surface area contributed by atoms with Gasteiger partial charge in [0.2, 0.25) is 0 Å². The van der Waals surface area contributed by atoms with Gasteiger partial charge in [0, 0.05) is 48.1 Å². The van der Waals surface area contributed by atoms with Gasteiger partial charge < -0.3 is 14.2 Å². The summed E-state index contributed by atoms with van der Waals surface area (Å²) in [6.07, 6.45) is 23.4. The minimum atomic E-state index is -0.448. The van der Waals surface area contributed by atoms with Gasteiger partial charge >= 0.3 is 5.97 Å². The third-order valence-electron chi connectivity index (χ3n) is 11.0. The Morgan fingerprint density at radius 1 is 0.900 bits per heavy atom. The molecule has 1 aromatic carbocycles. The van der Waals surface area contributed by atoms with Gasteiger partial charge in [0.05, 0.1) is 5.69 Å². The minimum Gasteiger partial charge on any atom is -0.454 e. The number of carbonyl (C=O) groups excluding carboxylic acids is 1. The molecule has 0 radical (unpaired) electrons. The topological polar surface area (TPSA) is 90.5 Å². The maximum atomic E-state index is 13.6. The number of aromatic nitrogens is 3. The van der Waals surface area contributed by atoms with Crippen molar-refractivity contribution in [2.24, 2.45) is 0 Å². The number of unbranched alkanes of at least 4 members (excludes halogenated alkanes) is 14. The van der Waals surface area contributed by atoms with E-state index in [1.165, 1.54) is 95.6 Å². The molecule has 0 unspecified atom stereocenters. The van der Waals surface area contributed by atoms with Crippen molar-refractivity contribution in [1.29, 1.82) is 0 Å². The average molecular weight is 693 g/mol. The van der Waals surface area contributed by atoms with Crippen LogP contribution in [0.25, 0.3) is 11.0 Å². The van der Waals surface area contributed by atoms with Crippen LogP contribution in [0.5, 0.6) is 0 Å². The second-order valence-corrected chi connectivity index (χ2v) is 14.9. The van der Waals surface area contributed by atoms with Crippen LogP contribution in [0.3, 0.4) is 0 Å². The molecular formula is C41H61FN4O4. The molecule has 9 heteroatoms. The van der Waals surface area contributed by atoms with Crippen LogP contribution in [0.2, 0.25) is 0 Å². The number of nitrogens with zero attached hydrogens (tertiary/aromatic N) is 4. The number of carbonyl (C=O) groups is 1. The van der Waals surface area contributed by atoms with E-state index in [1.807, 2.05) is 6.92 Å². The van der Waals surface area contributed by atoms with Crippen molar-refractivity contribution in [1.82, 2.24) is 19.6 Å². The van der Waals surface area contributed by atoms with E-state index in [9.17, 15) is 14.0 Å². The summed E-state index contributed by atoms with van der Waals surface area (Å²) in [5, 5.41) is 5.16. The fourth-order valence-corrected chi connectivity index (χ4v) is 7.93. The molecule has 0 spiro atoms. The number of aryl methyl sites for hydroxylation is 1. The number of likely N-dealkylation sites (tertiary alicyclic amines) is 1. The van der Waals surface area contributed by atoms with Gasteiger partial charge in [-0.3, -0.25) is 14.2 Å². The zero-order valence-electron chi connectivity index (χ0n) is 30.9. The highest BCUT2D eigenvalue weighted by molar-refractivity contribution is 5.79. The number of piperidine rings is 1. The van der Waals surface area contributed by atoms with Gasteiger partial charge in [-0.25, -0.2) is 9.37 Å². The molecule has 1 fully saturated rings. The quantitative estimate of drug-likeness (QED) is 0.0811. The largest absolute Gasteiger partial charge is 0.454 e. The molecule has 2 aliphatic rings. The van der Waals surface area contributed by atoms with Crippen LogP contribution in [0.4, 0.5) is 4.39 Å². The van der Waals surface area contributed by atoms with Crippen molar-refractivity contribution in [2.45, 2.75) is 167 Å². The number of fused-ring (bicyclic) bond motifs is 2. The van der Waals surface area contributed by atoms with Crippen molar-refractivity contribution in [3.8, 4) is 0 Å². The number of hydrogen-bond acceptors (Lipinski definition) is 7. The predicted molar refractivity (Wildman–Crippen MR) is 197 cm³/mol. The summed E-state index contributed by atoms with van der Waals surface area (Å²) in [5.74, 6) is 0.380. The Labute approximate surface area is 298 Å². The van der Waals surface area contributed by atoms with Crippen molar-refractivity contribution in [3.05, 3.63) is 57.1 Å². The molecule has 3 aromatic rings. The number of halogens is 1. The van der Waals surface area contributed by atoms with Gasteiger partial charge in [-0.05, 0) is 70.7 Å². The third kappa shape index (κ3) is 11.0. The molecule has 0 aliphatic carbocycles. The molecule has 2 aromatic heterocycles. The number of esters is 1. The molecule has 0 N–H and O–H groups in total. The summed E-state index contributed by atoms with van der Waals surface area (Å²) < 4.78 is 26.6. The third-order valence-corrected chi connectivity index (χ3v) is 11.0. The molecule has 1 saturated heterocycles. The minimum absolute atomic E-state index is 0.00634. The molecule has 4 heterocycles. The van der Waals surface area contributed by atoms with Crippen molar-refractivity contribution < 1.29 is 18.4 Å². The van der Waals surface area contributed by atoms with Crippen molar-refractivity contribution in [2.75, 3.05) is 19.6 Å². The molecule has 5 rings (SSSR count). The monoisotopic (exact) mass is 692 g/mol. The molecule has 0 amide bonds. The van der Waals surface area contributed by atoms with Crippen LogP contribution in [-0.4, -0.2) is 45.2 Å². The Morgan fingerprint density at radius 2 is 1.54 bits per heavy atom. The number of benzene rings is 1. The zero-order valence-corrected chi connectivity index (χ0v) is 30.9. The standard InChI is InChI=1S/C41H61FN4O4/c1-3-4-5-6-7-8-9-10-11-12-13-14-15-16-17-20-38(47)49-36-19-18-26-46-40(36)43-31(2)34(41(46)48)25-29-45-27-23-32(24-28-45)39-35-22-21-33(42)30-37(35)50-44-39/h21-22,30,32,36H,3-20,23-29H2,1-2H3/t36-/m1/s1. The van der Waals surface area contributed by atoms with Gasteiger partial charge in [0.15, 0.2) is 17.5 Å². The molecule has 1 atom stereocenters. The molecule has 0 saturated carbocycles. The van der Waals surface area contributed by atoms with Gasteiger partial charge in [-0.15, -0.1) is 0 Å². The highest BCUT2D eigenvalue weighted by atomic mass is 19.1. The normalized spacial score (nSPS) is 17.0. The predicted octanol–water partition coefficient (Wildman–Crippen LogP) is 9.89. The number of rotatable bonds is 21. The smallest absolute Gasteiger partial charge is 0.306 e. The number of ether oxygens (including phenoxy) is 1. The molecule has 50 heavy (non-hydrogen) atoms. The van der Waals surface area contributed by atoms with Gasteiger partial charge in [-0.2, -0.15) is 0 Å². The SMILES string of the molecule is CCCCCCCCCCCCCCCCCC(=O)O[C@@H]1CCCn2c1nc(C)c(CCN1CCC(c3noc4cc(F)ccc34)CC1)c2=O. The van der Waals surface area contributed by atoms with E-state index in [2.05, 4.69) is 17.0 Å². The summed E-state index contributed by atoms with van der Waals surface area (Å²) in [6, 6.07) is 4.61. The van der Waals surface area contributed by atoms with Crippen molar-refractivity contribution in [3.63, 3.8) is 0 Å². The first kappa shape index (κ1) is 38.2. The first-order valence-corrected chi connectivity index (χ1v) is 20.0. The van der Waals surface area contributed by atoms with Crippen LogP contribution in [-0.2, 0) is 22.5 Å². The fourth-order valence-electron chi connectivity index (χ4n) is 7.93. The zero-order chi connectivity index (χ0) is 35.1. The highest BCUT2D eigenvalue weighted by Gasteiger charge is 2.29. The van der Waals surface area contributed by atoms with Gasteiger partial charge in [0.25, 0.3) is 5.56 Å². The number of hydrogen-bond donors (Lipinski definition) is 0. The van der Waals surface area contributed by atoms with E-state index in [0.29, 0.717) is 37.2 Å². The summed E-state index contributed by atoms with van der Waals surface area (Å²) in [7, 11) is 0. The fraction of sp³-hybridized carbons (Fsp3) is 0.707. The lowest BCUT2D eigenvalue weighted by Crippen LogP contribution is -2.38. The summed E-state index contributed by atoms with van der Waals surface area (Å²) in [4.78, 5) is 33.7. The van der Waals surface area contributed by atoms with E-state index < -0.39 is 6.10 Å². The summed E-state index contributed by atoms with van der Waals surface area (Å²) in [6.45, 7) is 7.38. The van der Waals surface area contributed by atoms with E-state index in [4.69, 9.17) is 14.2 Å². The van der Waals surface area contributed by atoms with Crippen molar-refractivity contribution >= 4 is 16.9 Å². The van der Waals surface area contributed by atoms with E-state index in [1.54, 1.807) is 10.6 Å². The Morgan fingerprint density at radius 3 is 2.20 bits per heavy atom. The first-order valence-electron chi connectivity index (χ1n) is 20.0.